The Kier molecular flexibility index (Phi) is 8.70. The molecule has 1 aromatic rings. The van der Waals surface area contributed by atoms with E-state index in [0.29, 0.717) is 17.4 Å². The number of likely N-dealkylation sites (N-methyl/N-ethyl adjacent to an activating group) is 2. The lowest BCUT2D eigenvalue weighted by atomic mass is 9.75. The van der Waals surface area contributed by atoms with Gasteiger partial charge in [0.1, 0.15) is 17.6 Å². The Bertz CT molecular complexity index is 1380. The highest BCUT2D eigenvalue weighted by Gasteiger charge is 2.62. The van der Waals surface area contributed by atoms with Crippen molar-refractivity contribution >= 4 is 16.2 Å². The molecule has 3 N–H and O–H groups in total. The molecule has 5 rings (SSSR count). The minimum absolute atomic E-state index is 0.0146. The van der Waals surface area contributed by atoms with Crippen LogP contribution in [0.15, 0.2) is 64.5 Å². The topological polar surface area (TPSA) is 100 Å². The fraction of sp³-hybridized carbons (Fsp3) is 0.581. The van der Waals surface area contributed by atoms with E-state index in [1.54, 1.807) is 0 Å². The Balaban J connectivity index is 1.48. The molecule has 230 valence electrons. The number of aliphatic imine (C=N–C) groups is 1. The number of allylic oxidation sites excluding steroid dienone is 4. The van der Waals surface area contributed by atoms with Crippen LogP contribution in [-0.4, -0.2) is 86.6 Å². The lowest BCUT2D eigenvalue weighted by molar-refractivity contribution is -0.982. The summed E-state index contributed by atoms with van der Waals surface area (Å²) in [4.78, 5) is 12.0. The number of halogens is 1. The molecule has 0 radical (unpaired) electrons. The van der Waals surface area contributed by atoms with Gasteiger partial charge in [-0.2, -0.15) is 10.9 Å². The second-order valence-electron chi connectivity index (χ2n) is 13.0. The molecule has 0 saturated carbocycles. The normalized spacial score (nSPS) is 32.6. The van der Waals surface area contributed by atoms with Crippen molar-refractivity contribution < 1.29 is 22.1 Å². The van der Waals surface area contributed by atoms with Gasteiger partial charge >= 0.3 is 0 Å². The van der Waals surface area contributed by atoms with Crippen LogP contribution in [0.3, 0.4) is 0 Å². The number of nitrogens with one attached hydrogen (secondary N) is 1. The molecule has 5 unspecified atom stereocenters. The van der Waals surface area contributed by atoms with Crippen LogP contribution in [0.4, 0.5) is 4.39 Å². The summed E-state index contributed by atoms with van der Waals surface area (Å²) in [6.45, 7) is 8.50. The predicted molar refractivity (Wildman–Crippen MR) is 164 cm³/mol. The molecule has 9 nitrogen and oxygen atoms in total. The third-order valence-electron chi connectivity index (χ3n) is 9.53. The third-order valence-corrected chi connectivity index (χ3v) is 11.6. The molecule has 1 aromatic carbocycles. The number of hydrazine groups is 1. The smallest absolute Gasteiger partial charge is 0.180 e. The first-order valence-corrected chi connectivity index (χ1v) is 16.8. The number of quaternary nitrogens is 1. The zero-order chi connectivity index (χ0) is 30.3. The Morgan fingerprint density at radius 2 is 2.05 bits per heavy atom. The van der Waals surface area contributed by atoms with Crippen molar-refractivity contribution in [1.82, 2.24) is 15.3 Å². The minimum Gasteiger partial charge on any atom is -0.413 e. The number of rotatable bonds is 8. The minimum atomic E-state index is -3.03. The van der Waals surface area contributed by atoms with Gasteiger partial charge < -0.3 is 9.74 Å². The summed E-state index contributed by atoms with van der Waals surface area (Å²) in [5.41, 5.74) is 6.46. The first-order valence-electron chi connectivity index (χ1n) is 14.9. The van der Waals surface area contributed by atoms with E-state index in [-0.39, 0.29) is 46.9 Å². The Labute approximate surface area is 250 Å². The molecule has 4 aliphatic rings. The molecule has 0 aromatic heterocycles. The first-order chi connectivity index (χ1) is 19.9. The number of hydrogen-bond donors (Lipinski definition) is 2. The number of piperidine rings is 1. The Morgan fingerprint density at radius 3 is 2.64 bits per heavy atom. The standard InChI is InChI=1S/C31H46FN6O3S/c1-6-22(2)29(41-33)27(37-17-23(3)34-21-37)10-8-7-9-25-15-31(19-42(39,40)20-31)18-38(5)28(16-35-36(4)30(25)38)24-11-13-26(32)14-12-24/h8-14,21-23,28,30,35H,6-7,15-20,33H2,1-5H3/q+1/b10-8-,25-9+,29-27-. The van der Waals surface area contributed by atoms with Crippen LogP contribution >= 0.6 is 0 Å². The maximum Gasteiger partial charge on any atom is 0.180 e. The van der Waals surface area contributed by atoms with Crippen LogP contribution in [0, 0.1) is 17.2 Å². The van der Waals surface area contributed by atoms with Gasteiger partial charge in [0, 0.05) is 30.6 Å². The van der Waals surface area contributed by atoms with Crippen LogP contribution < -0.4 is 11.3 Å². The van der Waals surface area contributed by atoms with Crippen LogP contribution in [-0.2, 0) is 14.7 Å². The maximum absolute atomic E-state index is 13.8. The number of sulfone groups is 1. The summed E-state index contributed by atoms with van der Waals surface area (Å²) in [6.07, 6.45) is 10.6. The summed E-state index contributed by atoms with van der Waals surface area (Å²) in [5, 5.41) is 2.17. The summed E-state index contributed by atoms with van der Waals surface area (Å²) in [6, 6.07) is 7.01. The fourth-order valence-corrected chi connectivity index (χ4v) is 9.86. The lowest BCUT2D eigenvalue weighted by Gasteiger charge is -2.62. The monoisotopic (exact) mass is 601 g/mol. The van der Waals surface area contributed by atoms with Gasteiger partial charge in [-0.1, -0.05) is 38.1 Å². The van der Waals surface area contributed by atoms with E-state index in [4.69, 9.17) is 10.7 Å². The molecule has 0 aliphatic carbocycles. The van der Waals surface area contributed by atoms with Crippen molar-refractivity contribution in [1.29, 1.82) is 0 Å². The van der Waals surface area contributed by atoms with Gasteiger partial charge in [-0.15, -0.1) is 0 Å². The van der Waals surface area contributed by atoms with Crippen molar-refractivity contribution in [2.24, 2.45) is 22.2 Å². The zero-order valence-corrected chi connectivity index (χ0v) is 26.3. The average Bonchev–Trinajstić information content (AvgIpc) is 3.35. The average molecular weight is 602 g/mol. The first kappa shape index (κ1) is 30.9. The molecular weight excluding hydrogens is 555 g/mol. The second kappa shape index (κ2) is 11.8. The quantitative estimate of drug-likeness (QED) is 0.154. The summed E-state index contributed by atoms with van der Waals surface area (Å²) >= 11 is 0. The second-order valence-corrected chi connectivity index (χ2v) is 15.1. The molecule has 4 heterocycles. The molecule has 3 saturated heterocycles. The highest BCUT2D eigenvalue weighted by molar-refractivity contribution is 7.92. The number of benzene rings is 1. The van der Waals surface area contributed by atoms with Crippen molar-refractivity contribution in [2.75, 3.05) is 45.2 Å². The van der Waals surface area contributed by atoms with E-state index < -0.39 is 9.84 Å². The molecule has 1 spiro atoms. The van der Waals surface area contributed by atoms with Crippen molar-refractivity contribution in [3.63, 3.8) is 0 Å². The molecule has 0 amide bonds. The van der Waals surface area contributed by atoms with Crippen LogP contribution in [0.5, 0.6) is 0 Å². The molecule has 0 bridgehead atoms. The van der Waals surface area contributed by atoms with Gasteiger partial charge in [0.2, 0.25) is 0 Å². The Hall–Kier alpha value is -2.57. The zero-order valence-electron chi connectivity index (χ0n) is 25.5. The number of nitrogens with zero attached hydrogens (tertiary/aromatic N) is 4. The van der Waals surface area contributed by atoms with E-state index in [9.17, 15) is 12.8 Å². The van der Waals surface area contributed by atoms with E-state index in [2.05, 4.69) is 73.4 Å². The molecule has 3 fully saturated rings. The van der Waals surface area contributed by atoms with Gasteiger partial charge in [-0.25, -0.2) is 18.2 Å². The Morgan fingerprint density at radius 1 is 1.33 bits per heavy atom. The largest absolute Gasteiger partial charge is 0.413 e. The summed E-state index contributed by atoms with van der Waals surface area (Å²) in [7, 11) is 1.26. The van der Waals surface area contributed by atoms with Crippen molar-refractivity contribution in [3.05, 3.63) is 70.9 Å². The number of fused-ring (bicyclic) bond motifs is 1. The van der Waals surface area contributed by atoms with Gasteiger partial charge in [0.25, 0.3) is 0 Å². The van der Waals surface area contributed by atoms with Gasteiger partial charge in [0.15, 0.2) is 16.0 Å². The van der Waals surface area contributed by atoms with E-state index in [1.807, 2.05) is 18.5 Å². The van der Waals surface area contributed by atoms with E-state index >= 15 is 0 Å². The molecule has 11 heteroatoms. The lowest BCUT2D eigenvalue weighted by Crippen LogP contribution is -2.76. The SMILES string of the molecule is CCC(C)/C(ON)=C(\C=C/C/C=C1\CC2(C[N+]3(C)C(c4ccc(F)cc4)CNN(C)C13)CS(=O)(=O)C2)N1C=NC(C)C1. The molecule has 4 aliphatic heterocycles. The number of hydrogen-bond acceptors (Lipinski definition) is 8. The summed E-state index contributed by atoms with van der Waals surface area (Å²) in [5.74, 6) is 6.82. The molecular formula is C31H46FN6O3S+. The summed E-state index contributed by atoms with van der Waals surface area (Å²) < 4.78 is 39.5. The predicted octanol–water partition coefficient (Wildman–Crippen LogP) is 3.66. The highest BCUT2D eigenvalue weighted by atomic mass is 32.2. The molecule has 42 heavy (non-hydrogen) atoms. The van der Waals surface area contributed by atoms with Gasteiger partial charge in [-0.05, 0) is 44.4 Å². The van der Waals surface area contributed by atoms with Gasteiger partial charge in [0.05, 0.1) is 55.1 Å². The van der Waals surface area contributed by atoms with Crippen molar-refractivity contribution in [2.45, 2.75) is 58.3 Å². The molecule has 5 atom stereocenters. The van der Waals surface area contributed by atoms with E-state index in [1.165, 1.54) is 17.7 Å². The maximum atomic E-state index is 13.8. The van der Waals surface area contributed by atoms with Crippen LogP contribution in [0.25, 0.3) is 0 Å². The third kappa shape index (κ3) is 5.94. The van der Waals surface area contributed by atoms with Crippen LogP contribution in [0.2, 0.25) is 0 Å². The number of nitrogens with two attached hydrogens (primary N) is 1. The van der Waals surface area contributed by atoms with Crippen molar-refractivity contribution in [3.8, 4) is 0 Å². The highest BCUT2D eigenvalue weighted by Crippen LogP contribution is 2.51. The fourth-order valence-electron chi connectivity index (χ4n) is 7.69. The van der Waals surface area contributed by atoms with E-state index in [0.717, 1.165) is 43.0 Å². The van der Waals surface area contributed by atoms with Crippen LogP contribution in [0.1, 0.15) is 51.6 Å². The van der Waals surface area contributed by atoms with Gasteiger partial charge in [-0.3, -0.25) is 9.48 Å².